The van der Waals surface area contributed by atoms with Crippen LogP contribution in [-0.2, 0) is 0 Å². The molecule has 2 aromatic heterocycles. The second kappa shape index (κ2) is 13.6. The van der Waals surface area contributed by atoms with E-state index in [2.05, 4.69) is 211 Å². The summed E-state index contributed by atoms with van der Waals surface area (Å²) >= 11 is 1.86. The lowest BCUT2D eigenvalue weighted by atomic mass is 9.94. The minimum Gasteiger partial charge on any atom is -0.455 e. The Morgan fingerprint density at radius 3 is 1.80 bits per heavy atom. The zero-order valence-corrected chi connectivity index (χ0v) is 32.8. The van der Waals surface area contributed by atoms with Gasteiger partial charge in [0.2, 0.25) is 0 Å². The minimum atomic E-state index is 0.894. The van der Waals surface area contributed by atoms with Crippen LogP contribution in [-0.4, -0.2) is 0 Å². The molecular formula is C56H35NOS. The van der Waals surface area contributed by atoms with Gasteiger partial charge in [-0.25, -0.2) is 0 Å². The van der Waals surface area contributed by atoms with E-state index in [0.29, 0.717) is 0 Å². The molecule has 0 amide bonds. The highest BCUT2D eigenvalue weighted by molar-refractivity contribution is 7.25. The van der Waals surface area contributed by atoms with Gasteiger partial charge in [0.15, 0.2) is 0 Å². The van der Waals surface area contributed by atoms with Crippen molar-refractivity contribution in [3.05, 3.63) is 212 Å². The van der Waals surface area contributed by atoms with Crippen molar-refractivity contribution in [2.75, 3.05) is 4.90 Å². The summed E-state index contributed by atoms with van der Waals surface area (Å²) in [6.07, 6.45) is 0. The van der Waals surface area contributed by atoms with Crippen molar-refractivity contribution in [2.45, 2.75) is 0 Å². The van der Waals surface area contributed by atoms with Gasteiger partial charge >= 0.3 is 0 Å². The van der Waals surface area contributed by atoms with Crippen molar-refractivity contribution < 1.29 is 4.42 Å². The highest BCUT2D eigenvalue weighted by atomic mass is 32.1. The van der Waals surface area contributed by atoms with E-state index in [1.807, 2.05) is 17.4 Å². The molecule has 2 nitrogen and oxygen atoms in total. The van der Waals surface area contributed by atoms with Gasteiger partial charge in [-0.3, -0.25) is 0 Å². The average Bonchev–Trinajstić information content (AvgIpc) is 3.88. The summed E-state index contributed by atoms with van der Waals surface area (Å²) in [5, 5.41) is 9.84. The van der Waals surface area contributed by atoms with Crippen LogP contribution in [0.2, 0.25) is 0 Å². The van der Waals surface area contributed by atoms with Gasteiger partial charge in [0.25, 0.3) is 0 Å². The standard InChI is InChI=1S/C56H35NOS/c1-2-11-37(12-3-1)45-34-33-44(55-50-16-6-8-19-52(50)58-56(45)55)39-23-29-42(30-24-39)57(51-18-10-17-46-43-14-5-4-13-38(43)25-31-47(46)51)41-27-21-36(22-28-41)40-26-32-49-48-15-7-9-20-53(48)59-54(49)35-40/h1-35H. The van der Waals surface area contributed by atoms with Gasteiger partial charge in [-0.2, -0.15) is 0 Å². The lowest BCUT2D eigenvalue weighted by molar-refractivity contribution is 0.670. The first kappa shape index (κ1) is 33.7. The van der Waals surface area contributed by atoms with Crippen molar-refractivity contribution in [1.29, 1.82) is 0 Å². The molecule has 0 saturated heterocycles. The maximum absolute atomic E-state index is 6.62. The molecule has 12 aromatic rings. The van der Waals surface area contributed by atoms with Crippen molar-refractivity contribution in [2.24, 2.45) is 0 Å². The molecule has 0 N–H and O–H groups in total. The Hall–Kier alpha value is -7.46. The van der Waals surface area contributed by atoms with E-state index in [-0.39, 0.29) is 0 Å². The van der Waals surface area contributed by atoms with E-state index in [4.69, 9.17) is 4.42 Å². The second-order valence-electron chi connectivity index (χ2n) is 15.2. The van der Waals surface area contributed by atoms with Crippen LogP contribution in [0.15, 0.2) is 217 Å². The first-order chi connectivity index (χ1) is 29.2. The van der Waals surface area contributed by atoms with Gasteiger partial charge in [0, 0.05) is 53.3 Å². The van der Waals surface area contributed by atoms with Gasteiger partial charge in [-0.1, -0.05) is 158 Å². The van der Waals surface area contributed by atoms with Crippen LogP contribution >= 0.6 is 11.3 Å². The molecule has 0 aliphatic heterocycles. The Bertz CT molecular complexity index is 3540. The summed E-state index contributed by atoms with van der Waals surface area (Å²) in [5.74, 6) is 0. The van der Waals surface area contributed by atoms with E-state index in [0.717, 1.165) is 61.3 Å². The largest absolute Gasteiger partial charge is 0.455 e. The number of para-hydroxylation sites is 1. The Morgan fingerprint density at radius 1 is 0.356 bits per heavy atom. The highest BCUT2D eigenvalue weighted by Gasteiger charge is 2.20. The molecule has 276 valence electrons. The monoisotopic (exact) mass is 769 g/mol. The normalized spacial score (nSPS) is 11.7. The first-order valence-electron chi connectivity index (χ1n) is 20.1. The summed E-state index contributed by atoms with van der Waals surface area (Å²) in [6.45, 7) is 0. The highest BCUT2D eigenvalue weighted by Crippen LogP contribution is 2.45. The number of benzene rings is 10. The lowest BCUT2D eigenvalue weighted by Crippen LogP contribution is -2.10. The lowest BCUT2D eigenvalue weighted by Gasteiger charge is -2.27. The number of furan rings is 1. The van der Waals surface area contributed by atoms with Gasteiger partial charge < -0.3 is 9.32 Å². The molecule has 10 aromatic carbocycles. The number of hydrogen-bond acceptors (Lipinski definition) is 3. The SMILES string of the molecule is c1ccc(-c2ccc(-c3ccc(N(c4ccc(-c5ccc6c(c5)sc5ccccc56)cc4)c4cccc5c4ccc4ccccc45)cc3)c3c2oc2ccccc23)cc1. The average molecular weight is 770 g/mol. The quantitative estimate of drug-likeness (QED) is 0.157. The molecule has 0 bridgehead atoms. The van der Waals surface area contributed by atoms with Gasteiger partial charge in [0.05, 0.1) is 5.69 Å². The maximum atomic E-state index is 6.62. The van der Waals surface area contributed by atoms with Crippen LogP contribution in [0.1, 0.15) is 0 Å². The Morgan fingerprint density at radius 2 is 0.966 bits per heavy atom. The van der Waals surface area contributed by atoms with Crippen LogP contribution in [0.3, 0.4) is 0 Å². The smallest absolute Gasteiger partial charge is 0.143 e. The van der Waals surface area contributed by atoms with Gasteiger partial charge in [-0.05, 0) is 98.6 Å². The number of rotatable bonds is 6. The molecule has 59 heavy (non-hydrogen) atoms. The number of thiophene rings is 1. The summed E-state index contributed by atoms with van der Waals surface area (Å²) in [7, 11) is 0. The minimum absolute atomic E-state index is 0.894. The van der Waals surface area contributed by atoms with Crippen molar-refractivity contribution in [3.63, 3.8) is 0 Å². The molecule has 2 heterocycles. The van der Waals surface area contributed by atoms with E-state index in [1.165, 1.54) is 52.8 Å². The molecule has 12 rings (SSSR count). The van der Waals surface area contributed by atoms with Gasteiger partial charge in [-0.15, -0.1) is 11.3 Å². The molecule has 0 atom stereocenters. The third-order valence-corrected chi connectivity index (χ3v) is 13.0. The fraction of sp³-hybridized carbons (Fsp3) is 0. The first-order valence-corrected chi connectivity index (χ1v) is 20.9. The topological polar surface area (TPSA) is 16.4 Å². The summed E-state index contributed by atoms with van der Waals surface area (Å²) in [6, 6.07) is 76.9. The molecule has 0 radical (unpaired) electrons. The zero-order chi connectivity index (χ0) is 38.9. The Balaban J connectivity index is 0.994. The molecule has 0 fully saturated rings. The van der Waals surface area contributed by atoms with E-state index in [1.54, 1.807) is 0 Å². The summed E-state index contributed by atoms with van der Waals surface area (Å²) in [4.78, 5) is 2.40. The third kappa shape index (κ3) is 5.55. The number of hydrogen-bond donors (Lipinski definition) is 0. The van der Waals surface area contributed by atoms with Crippen LogP contribution in [0.25, 0.3) is 97.0 Å². The molecule has 0 aliphatic carbocycles. The Kier molecular flexibility index (Phi) is 7.75. The number of anilines is 3. The van der Waals surface area contributed by atoms with Crippen LogP contribution in [0.5, 0.6) is 0 Å². The molecule has 0 aliphatic rings. The fourth-order valence-corrected chi connectivity index (χ4v) is 10.2. The zero-order valence-electron chi connectivity index (χ0n) is 32.0. The van der Waals surface area contributed by atoms with Crippen LogP contribution < -0.4 is 4.90 Å². The predicted octanol–water partition coefficient (Wildman–Crippen LogP) is 16.7. The predicted molar refractivity (Wildman–Crippen MR) is 253 cm³/mol. The van der Waals surface area contributed by atoms with E-state index < -0.39 is 0 Å². The molecule has 0 saturated carbocycles. The summed E-state index contributed by atoms with van der Waals surface area (Å²) in [5.41, 5.74) is 12.1. The molecule has 0 unspecified atom stereocenters. The number of fused-ring (bicyclic) bond motifs is 9. The van der Waals surface area contributed by atoms with E-state index in [9.17, 15) is 0 Å². The van der Waals surface area contributed by atoms with E-state index >= 15 is 0 Å². The Labute approximate surface area is 345 Å². The molecular weight excluding hydrogens is 735 g/mol. The number of nitrogens with zero attached hydrogens (tertiary/aromatic N) is 1. The molecule has 0 spiro atoms. The van der Waals surface area contributed by atoms with Crippen LogP contribution in [0.4, 0.5) is 17.1 Å². The third-order valence-electron chi connectivity index (χ3n) is 11.9. The van der Waals surface area contributed by atoms with Crippen molar-refractivity contribution >= 4 is 92.1 Å². The van der Waals surface area contributed by atoms with Crippen molar-refractivity contribution in [3.8, 4) is 33.4 Å². The summed E-state index contributed by atoms with van der Waals surface area (Å²) < 4.78 is 9.26. The fourth-order valence-electron chi connectivity index (χ4n) is 9.06. The molecule has 3 heteroatoms. The van der Waals surface area contributed by atoms with Gasteiger partial charge in [0.1, 0.15) is 11.2 Å². The second-order valence-corrected chi connectivity index (χ2v) is 16.3. The van der Waals surface area contributed by atoms with Crippen LogP contribution in [0, 0.1) is 0 Å². The maximum Gasteiger partial charge on any atom is 0.143 e. The van der Waals surface area contributed by atoms with Crippen molar-refractivity contribution in [1.82, 2.24) is 0 Å².